The fourth-order valence-corrected chi connectivity index (χ4v) is 2.94. The number of aromatic nitrogens is 2. The first kappa shape index (κ1) is 14.2. The van der Waals surface area contributed by atoms with Gasteiger partial charge in [0.25, 0.3) is 0 Å². The Bertz CT molecular complexity index is 696. The van der Waals surface area contributed by atoms with Crippen LogP contribution in [0.15, 0.2) is 40.1 Å². The summed E-state index contributed by atoms with van der Waals surface area (Å²) in [5.41, 5.74) is 0.948. The maximum atomic E-state index is 12.2. The van der Waals surface area contributed by atoms with Crippen molar-refractivity contribution in [3.05, 3.63) is 42.0 Å². The number of hydrogen-bond acceptors (Lipinski definition) is 6. The molecule has 1 aliphatic carbocycles. The van der Waals surface area contributed by atoms with Crippen molar-refractivity contribution in [2.45, 2.75) is 36.9 Å². The molecule has 3 rings (SSSR count). The Morgan fingerprint density at radius 2 is 2.14 bits per heavy atom. The molecule has 0 saturated heterocycles. The van der Waals surface area contributed by atoms with E-state index >= 15 is 0 Å². The van der Waals surface area contributed by atoms with E-state index in [1.54, 1.807) is 18.2 Å². The number of rotatable bonds is 7. The molecule has 1 aromatic heterocycles. The first-order chi connectivity index (χ1) is 10.1. The molecular weight excluding hydrogens is 292 g/mol. The third kappa shape index (κ3) is 3.87. The topological polar surface area (TPSA) is 97.1 Å². The van der Waals surface area contributed by atoms with Crippen molar-refractivity contribution in [2.75, 3.05) is 0 Å². The zero-order valence-electron chi connectivity index (χ0n) is 11.3. The van der Waals surface area contributed by atoms with E-state index in [0.29, 0.717) is 18.4 Å². The van der Waals surface area contributed by atoms with Crippen molar-refractivity contribution in [1.82, 2.24) is 20.2 Å². The second-order valence-electron chi connectivity index (χ2n) is 4.97. The normalized spacial score (nSPS) is 15.2. The van der Waals surface area contributed by atoms with Crippen LogP contribution in [0, 0.1) is 0 Å². The van der Waals surface area contributed by atoms with Gasteiger partial charge in [0.2, 0.25) is 16.4 Å². The lowest BCUT2D eigenvalue weighted by Gasteiger charge is -2.08. The Morgan fingerprint density at radius 1 is 1.29 bits per heavy atom. The second kappa shape index (κ2) is 5.92. The first-order valence-corrected chi connectivity index (χ1v) is 8.19. The molecule has 0 aliphatic heterocycles. The average molecular weight is 308 g/mol. The van der Waals surface area contributed by atoms with Crippen LogP contribution in [0.5, 0.6) is 0 Å². The van der Waals surface area contributed by atoms with Gasteiger partial charge >= 0.3 is 0 Å². The van der Waals surface area contributed by atoms with Crippen LogP contribution in [-0.2, 0) is 23.1 Å². The van der Waals surface area contributed by atoms with Crippen LogP contribution in [0.1, 0.15) is 24.2 Å². The molecule has 1 aromatic carbocycles. The van der Waals surface area contributed by atoms with Gasteiger partial charge in [-0.05, 0) is 30.5 Å². The molecule has 1 saturated carbocycles. The van der Waals surface area contributed by atoms with Crippen molar-refractivity contribution in [1.29, 1.82) is 0 Å². The van der Waals surface area contributed by atoms with Gasteiger partial charge in [-0.1, -0.05) is 17.3 Å². The van der Waals surface area contributed by atoms with Crippen LogP contribution in [0.2, 0.25) is 0 Å². The minimum absolute atomic E-state index is 0.00336. The molecule has 0 bridgehead atoms. The molecule has 0 atom stereocenters. The van der Waals surface area contributed by atoms with E-state index in [-0.39, 0.29) is 11.4 Å². The molecule has 0 amide bonds. The van der Waals surface area contributed by atoms with Crippen LogP contribution in [0.3, 0.4) is 0 Å². The van der Waals surface area contributed by atoms with Crippen molar-refractivity contribution >= 4 is 10.0 Å². The van der Waals surface area contributed by atoms with Crippen LogP contribution >= 0.6 is 0 Å². The summed E-state index contributed by atoms with van der Waals surface area (Å²) in [6.07, 6.45) is 3.56. The van der Waals surface area contributed by atoms with Gasteiger partial charge < -0.3 is 9.84 Å². The zero-order chi connectivity index (χ0) is 14.7. The van der Waals surface area contributed by atoms with E-state index in [4.69, 9.17) is 0 Å². The SMILES string of the molecule is O=S(=O)(NCc1ncon1)c1cccc(CNC2CC2)c1. The maximum Gasteiger partial charge on any atom is 0.240 e. The molecule has 8 heteroatoms. The summed E-state index contributed by atoms with van der Waals surface area (Å²) in [5.74, 6) is 0.296. The van der Waals surface area contributed by atoms with E-state index < -0.39 is 10.0 Å². The molecule has 2 N–H and O–H groups in total. The fraction of sp³-hybridized carbons (Fsp3) is 0.385. The molecule has 1 heterocycles. The number of nitrogens with one attached hydrogen (secondary N) is 2. The molecule has 7 nitrogen and oxygen atoms in total. The van der Waals surface area contributed by atoms with Crippen LogP contribution in [-0.4, -0.2) is 24.6 Å². The summed E-state index contributed by atoms with van der Waals surface area (Å²) in [6, 6.07) is 7.48. The third-order valence-corrected chi connectivity index (χ3v) is 4.61. The van der Waals surface area contributed by atoms with Gasteiger partial charge in [-0.3, -0.25) is 0 Å². The Labute approximate surface area is 122 Å². The van der Waals surface area contributed by atoms with E-state index in [9.17, 15) is 8.42 Å². The van der Waals surface area contributed by atoms with E-state index in [1.807, 2.05) is 6.07 Å². The minimum atomic E-state index is -3.58. The molecule has 112 valence electrons. The van der Waals surface area contributed by atoms with Crippen molar-refractivity contribution in [3.8, 4) is 0 Å². The Balaban J connectivity index is 1.67. The molecule has 0 unspecified atom stereocenters. The summed E-state index contributed by atoms with van der Waals surface area (Å²) in [5, 5.41) is 6.92. The standard InChI is InChI=1S/C13H16N4O3S/c18-21(19,16-8-13-15-9-20-17-13)12-3-1-2-10(6-12)7-14-11-4-5-11/h1-3,6,9,11,14,16H,4-5,7-8H2. The highest BCUT2D eigenvalue weighted by atomic mass is 32.2. The lowest BCUT2D eigenvalue weighted by atomic mass is 10.2. The van der Waals surface area contributed by atoms with E-state index in [1.165, 1.54) is 12.8 Å². The molecule has 21 heavy (non-hydrogen) atoms. The van der Waals surface area contributed by atoms with Gasteiger partial charge in [0.05, 0.1) is 11.4 Å². The molecule has 0 spiro atoms. The fourth-order valence-electron chi connectivity index (χ4n) is 1.89. The van der Waals surface area contributed by atoms with Crippen LogP contribution < -0.4 is 10.0 Å². The lowest BCUT2D eigenvalue weighted by molar-refractivity contribution is 0.409. The summed E-state index contributed by atoms with van der Waals surface area (Å²) in [7, 11) is -3.58. The quantitative estimate of drug-likeness (QED) is 0.785. The zero-order valence-corrected chi connectivity index (χ0v) is 12.1. The van der Waals surface area contributed by atoms with Gasteiger partial charge in [-0.25, -0.2) is 13.1 Å². The predicted octanol–water partition coefficient (Wildman–Crippen LogP) is 0.800. The maximum absolute atomic E-state index is 12.2. The van der Waals surface area contributed by atoms with Crippen molar-refractivity contribution in [3.63, 3.8) is 0 Å². The molecule has 1 fully saturated rings. The Morgan fingerprint density at radius 3 is 2.86 bits per heavy atom. The highest BCUT2D eigenvalue weighted by Crippen LogP contribution is 2.20. The van der Waals surface area contributed by atoms with E-state index in [0.717, 1.165) is 12.0 Å². The largest absolute Gasteiger partial charge is 0.343 e. The molecule has 1 aliphatic rings. The molecule has 0 radical (unpaired) electrons. The lowest BCUT2D eigenvalue weighted by Crippen LogP contribution is -2.24. The van der Waals surface area contributed by atoms with Gasteiger partial charge in [0, 0.05) is 12.6 Å². The Hall–Kier alpha value is -1.77. The van der Waals surface area contributed by atoms with Crippen molar-refractivity contribution < 1.29 is 12.9 Å². The summed E-state index contributed by atoms with van der Waals surface area (Å²) < 4.78 is 31.4. The minimum Gasteiger partial charge on any atom is -0.343 e. The molecular formula is C13H16N4O3S. The number of nitrogens with zero attached hydrogens (tertiary/aromatic N) is 2. The predicted molar refractivity (Wildman–Crippen MR) is 74.6 cm³/mol. The van der Waals surface area contributed by atoms with Gasteiger partial charge in [-0.2, -0.15) is 4.98 Å². The summed E-state index contributed by atoms with van der Waals surface area (Å²) >= 11 is 0. The van der Waals surface area contributed by atoms with Crippen molar-refractivity contribution in [2.24, 2.45) is 0 Å². The van der Waals surface area contributed by atoms with Gasteiger partial charge in [-0.15, -0.1) is 0 Å². The number of hydrogen-bond donors (Lipinski definition) is 2. The number of sulfonamides is 1. The first-order valence-electron chi connectivity index (χ1n) is 6.71. The van der Waals surface area contributed by atoms with Crippen LogP contribution in [0.25, 0.3) is 0 Å². The van der Waals surface area contributed by atoms with Crippen LogP contribution in [0.4, 0.5) is 0 Å². The Kier molecular flexibility index (Phi) is 4.00. The average Bonchev–Trinajstić information content (AvgIpc) is 3.17. The highest BCUT2D eigenvalue weighted by molar-refractivity contribution is 7.89. The van der Waals surface area contributed by atoms with Gasteiger partial charge in [0.1, 0.15) is 0 Å². The number of benzene rings is 1. The second-order valence-corrected chi connectivity index (χ2v) is 6.74. The third-order valence-electron chi connectivity index (χ3n) is 3.21. The molecule has 2 aromatic rings. The summed E-state index contributed by atoms with van der Waals surface area (Å²) in [6.45, 7) is 0.683. The smallest absolute Gasteiger partial charge is 0.240 e. The highest BCUT2D eigenvalue weighted by Gasteiger charge is 2.20. The monoisotopic (exact) mass is 308 g/mol. The van der Waals surface area contributed by atoms with E-state index in [2.05, 4.69) is 24.7 Å². The summed E-state index contributed by atoms with van der Waals surface area (Å²) in [4.78, 5) is 4.01. The van der Waals surface area contributed by atoms with Gasteiger partial charge in [0.15, 0.2) is 5.82 Å².